The smallest absolute Gasteiger partial charge is 0.243 e. The van der Waals surface area contributed by atoms with E-state index < -0.39 is 0 Å². The molecule has 0 saturated carbocycles. The van der Waals surface area contributed by atoms with Gasteiger partial charge in [-0.3, -0.25) is 9.89 Å². The predicted octanol–water partition coefficient (Wildman–Crippen LogP) is 1.21. The number of ether oxygens (including phenoxy) is 1. The van der Waals surface area contributed by atoms with E-state index in [1.54, 1.807) is 25.3 Å². The predicted molar refractivity (Wildman–Crippen MR) is 118 cm³/mol. The first kappa shape index (κ1) is 22.9. The van der Waals surface area contributed by atoms with E-state index in [2.05, 4.69) is 30.4 Å². The molecule has 158 valence electrons. The van der Waals surface area contributed by atoms with Crippen LogP contribution in [0.1, 0.15) is 43.8 Å². The Morgan fingerprint density at radius 3 is 2.75 bits per heavy atom. The maximum atomic E-state index is 12.0. The Kier molecular flexibility index (Phi) is 9.42. The van der Waals surface area contributed by atoms with Crippen LogP contribution in [-0.4, -0.2) is 89.8 Å². The van der Waals surface area contributed by atoms with E-state index in [9.17, 15) is 4.79 Å². The summed E-state index contributed by atoms with van der Waals surface area (Å²) in [5.74, 6) is 2.16. The Bertz CT molecular complexity index is 609. The Morgan fingerprint density at radius 2 is 2.14 bits per heavy atom. The fourth-order valence-corrected chi connectivity index (χ4v) is 3.50. The number of hydrogen-bond acceptors (Lipinski definition) is 5. The molecule has 28 heavy (non-hydrogen) atoms. The number of nitrogens with zero attached hydrogens (tertiary/aromatic N) is 5. The average molecular weight is 505 g/mol. The lowest BCUT2D eigenvalue weighted by molar-refractivity contribution is -0.127. The second-order valence-corrected chi connectivity index (χ2v) is 7.43. The van der Waals surface area contributed by atoms with Crippen molar-refractivity contribution in [2.45, 2.75) is 44.1 Å². The van der Waals surface area contributed by atoms with Crippen molar-refractivity contribution in [1.29, 1.82) is 0 Å². The minimum atomic E-state index is -0.000220. The third kappa shape index (κ3) is 6.57. The van der Waals surface area contributed by atoms with Gasteiger partial charge in [0.15, 0.2) is 5.96 Å². The number of aromatic amines is 1. The fourth-order valence-electron chi connectivity index (χ4n) is 3.50. The van der Waals surface area contributed by atoms with Crippen molar-refractivity contribution in [1.82, 2.24) is 30.3 Å². The molecule has 2 saturated heterocycles. The lowest BCUT2D eigenvalue weighted by atomic mass is 9.96. The number of piperidine rings is 1. The van der Waals surface area contributed by atoms with Gasteiger partial charge in [-0.05, 0) is 32.1 Å². The molecule has 1 atom stereocenters. The standard InChI is InChI=1S/C18H31N7O2.HI/c1-24(2)16(26)12-20-18(19-11-15-5-3-4-10-27-15)25-8-6-14(7-9-25)17-21-13-22-23-17;/h13-15H,3-12H2,1-2H3,(H,19,20)(H,21,22,23);1H. The third-order valence-electron chi connectivity index (χ3n) is 5.24. The molecule has 0 bridgehead atoms. The Balaban J connectivity index is 0.00000280. The van der Waals surface area contributed by atoms with Crippen LogP contribution >= 0.6 is 24.0 Å². The van der Waals surface area contributed by atoms with Gasteiger partial charge in [0.05, 0.1) is 6.10 Å². The fraction of sp³-hybridized carbons (Fsp3) is 0.778. The summed E-state index contributed by atoms with van der Waals surface area (Å²) in [5, 5.41) is 10.4. The highest BCUT2D eigenvalue weighted by molar-refractivity contribution is 14.0. The van der Waals surface area contributed by atoms with Crippen molar-refractivity contribution in [2.75, 3.05) is 46.9 Å². The van der Waals surface area contributed by atoms with Gasteiger partial charge in [0.25, 0.3) is 0 Å². The van der Waals surface area contributed by atoms with Gasteiger partial charge in [0.2, 0.25) is 5.91 Å². The van der Waals surface area contributed by atoms with Crippen LogP contribution in [0.5, 0.6) is 0 Å². The Hall–Kier alpha value is -1.43. The summed E-state index contributed by atoms with van der Waals surface area (Å²) in [6.07, 6.45) is 7.18. The molecule has 1 aromatic heterocycles. The van der Waals surface area contributed by atoms with Gasteiger partial charge in [-0.15, -0.1) is 24.0 Å². The number of carbonyl (C=O) groups excluding carboxylic acids is 1. The second kappa shape index (κ2) is 11.5. The van der Waals surface area contributed by atoms with Crippen molar-refractivity contribution >= 4 is 35.8 Å². The molecule has 2 aliphatic rings. The molecule has 0 radical (unpaired) electrons. The molecule has 0 aliphatic carbocycles. The lowest BCUT2D eigenvalue weighted by Crippen LogP contribution is -2.48. The van der Waals surface area contributed by atoms with Crippen LogP contribution in [0.4, 0.5) is 0 Å². The largest absolute Gasteiger partial charge is 0.376 e. The van der Waals surface area contributed by atoms with Gasteiger partial charge in [0, 0.05) is 46.3 Å². The van der Waals surface area contributed by atoms with Crippen LogP contribution in [0.25, 0.3) is 0 Å². The first-order valence-corrected chi connectivity index (χ1v) is 9.83. The zero-order chi connectivity index (χ0) is 19.1. The molecular weight excluding hydrogens is 473 g/mol. The third-order valence-corrected chi connectivity index (χ3v) is 5.24. The average Bonchev–Trinajstić information content (AvgIpc) is 3.23. The van der Waals surface area contributed by atoms with E-state index in [-0.39, 0.29) is 42.5 Å². The van der Waals surface area contributed by atoms with Gasteiger partial charge in [-0.25, -0.2) is 9.98 Å². The number of H-pyrrole nitrogens is 1. The van der Waals surface area contributed by atoms with E-state index in [0.717, 1.165) is 63.7 Å². The summed E-state index contributed by atoms with van der Waals surface area (Å²) in [6, 6.07) is 0. The van der Waals surface area contributed by atoms with Crippen LogP contribution in [0.3, 0.4) is 0 Å². The van der Waals surface area contributed by atoms with Gasteiger partial charge in [0.1, 0.15) is 18.7 Å². The number of hydrogen-bond donors (Lipinski definition) is 2. The van der Waals surface area contributed by atoms with Gasteiger partial charge in [-0.2, -0.15) is 5.10 Å². The van der Waals surface area contributed by atoms with Crippen LogP contribution < -0.4 is 5.32 Å². The first-order chi connectivity index (χ1) is 13.1. The molecule has 10 heteroatoms. The van der Waals surface area contributed by atoms with Crippen LogP contribution in [0.15, 0.2) is 11.3 Å². The van der Waals surface area contributed by atoms with E-state index in [0.29, 0.717) is 5.92 Å². The minimum absolute atomic E-state index is 0. The molecule has 0 spiro atoms. The molecule has 0 aromatic carbocycles. The van der Waals surface area contributed by atoms with E-state index in [4.69, 9.17) is 4.74 Å². The maximum Gasteiger partial charge on any atom is 0.243 e. The first-order valence-electron chi connectivity index (χ1n) is 9.83. The summed E-state index contributed by atoms with van der Waals surface area (Å²) in [6.45, 7) is 3.47. The summed E-state index contributed by atoms with van der Waals surface area (Å²) >= 11 is 0. The van der Waals surface area contributed by atoms with E-state index >= 15 is 0 Å². The number of likely N-dealkylation sites (tertiary alicyclic amines) is 1. The van der Waals surface area contributed by atoms with E-state index in [1.807, 2.05) is 0 Å². The SMILES string of the molecule is CN(C)C(=O)CN=C(NCC1CCCCO1)N1CCC(c2ncn[nH]2)CC1.I. The highest BCUT2D eigenvalue weighted by atomic mass is 127. The zero-order valence-electron chi connectivity index (χ0n) is 16.8. The highest BCUT2D eigenvalue weighted by Gasteiger charge is 2.25. The molecule has 1 unspecified atom stereocenters. The quantitative estimate of drug-likeness (QED) is 0.355. The minimum Gasteiger partial charge on any atom is -0.376 e. The van der Waals surface area contributed by atoms with Crippen LogP contribution in [-0.2, 0) is 9.53 Å². The molecule has 2 aliphatic heterocycles. The van der Waals surface area contributed by atoms with Gasteiger partial charge >= 0.3 is 0 Å². The molecule has 3 rings (SSSR count). The van der Waals surface area contributed by atoms with Crippen molar-refractivity contribution < 1.29 is 9.53 Å². The monoisotopic (exact) mass is 505 g/mol. The normalized spacial score (nSPS) is 21.1. The highest BCUT2D eigenvalue weighted by Crippen LogP contribution is 2.25. The number of nitrogens with one attached hydrogen (secondary N) is 2. The topological polar surface area (TPSA) is 98.7 Å². The summed E-state index contributed by atoms with van der Waals surface area (Å²) in [5.41, 5.74) is 0. The van der Waals surface area contributed by atoms with Crippen molar-refractivity contribution in [3.8, 4) is 0 Å². The number of rotatable bonds is 5. The summed E-state index contributed by atoms with van der Waals surface area (Å²) < 4.78 is 5.81. The molecule has 9 nitrogen and oxygen atoms in total. The van der Waals surface area contributed by atoms with Crippen LogP contribution in [0.2, 0.25) is 0 Å². The van der Waals surface area contributed by atoms with Gasteiger partial charge in [-0.1, -0.05) is 0 Å². The Labute approximate surface area is 183 Å². The lowest BCUT2D eigenvalue weighted by Gasteiger charge is -2.34. The summed E-state index contributed by atoms with van der Waals surface area (Å²) in [7, 11) is 3.51. The van der Waals surface area contributed by atoms with Crippen molar-refractivity contribution in [2.24, 2.45) is 4.99 Å². The molecular formula is C18H32IN7O2. The second-order valence-electron chi connectivity index (χ2n) is 7.43. The number of carbonyl (C=O) groups is 1. The molecule has 3 heterocycles. The molecule has 2 N–H and O–H groups in total. The number of amides is 1. The van der Waals surface area contributed by atoms with Crippen molar-refractivity contribution in [3.05, 3.63) is 12.2 Å². The van der Waals surface area contributed by atoms with Crippen LogP contribution in [0, 0.1) is 0 Å². The number of guanidine groups is 1. The number of aliphatic imine (C=N–C) groups is 1. The number of halogens is 1. The zero-order valence-corrected chi connectivity index (χ0v) is 19.1. The molecule has 2 fully saturated rings. The van der Waals surface area contributed by atoms with Gasteiger partial charge < -0.3 is 19.9 Å². The number of aromatic nitrogens is 3. The Morgan fingerprint density at radius 1 is 1.36 bits per heavy atom. The van der Waals surface area contributed by atoms with Crippen molar-refractivity contribution in [3.63, 3.8) is 0 Å². The van der Waals surface area contributed by atoms with E-state index in [1.165, 1.54) is 6.42 Å². The molecule has 1 aromatic rings. The summed E-state index contributed by atoms with van der Waals surface area (Å²) in [4.78, 5) is 24.7. The molecule has 1 amide bonds. The maximum absolute atomic E-state index is 12.0. The number of likely N-dealkylation sites (N-methyl/N-ethyl adjacent to an activating group) is 1.